The Kier molecular flexibility index (Phi) is 31.8. The Morgan fingerprint density at radius 3 is 1.45 bits per heavy atom. The van der Waals surface area contributed by atoms with Crippen LogP contribution in [0.2, 0.25) is 0 Å². The summed E-state index contributed by atoms with van der Waals surface area (Å²) in [6.07, 6.45) is 31.3. The highest BCUT2D eigenvalue weighted by molar-refractivity contribution is 7.15. The van der Waals surface area contributed by atoms with E-state index in [1.165, 1.54) is 41.4 Å². The summed E-state index contributed by atoms with van der Waals surface area (Å²) in [7, 11) is 13.0. The molecule has 9 atom stereocenters. The van der Waals surface area contributed by atoms with Crippen LogP contribution in [-0.4, -0.2) is 180 Å². The lowest BCUT2D eigenvalue weighted by molar-refractivity contribution is -0.135. The molecule has 31 heteroatoms. The number of rotatable bonds is 17. The van der Waals surface area contributed by atoms with Gasteiger partial charge in [0.25, 0.3) is 0 Å². The second kappa shape index (κ2) is 43.7. The topological polar surface area (TPSA) is 358 Å². The summed E-state index contributed by atoms with van der Waals surface area (Å²) in [6, 6.07) is 32.1. The van der Waals surface area contributed by atoms with E-state index < -0.39 is 33.6 Å². The highest BCUT2D eigenvalue weighted by atomic mass is 32.1. The molecule has 0 bridgehead atoms. The number of nitrogens with zero attached hydrogens (tertiary/aromatic N) is 14. The van der Waals surface area contributed by atoms with Crippen molar-refractivity contribution in [3.63, 3.8) is 0 Å². The number of piperidine rings is 4. The Labute approximate surface area is 858 Å². The molecule has 18 rings (SSSR count). The normalized spacial score (nSPS) is 21.8. The molecule has 12 aromatic rings. The number of carbonyl (C=O) groups excluding carboxylic acids is 5. The van der Waals surface area contributed by atoms with Crippen LogP contribution in [0.5, 0.6) is 17.2 Å². The number of pyridine rings is 4. The number of terminal acetylenes is 1. The summed E-state index contributed by atoms with van der Waals surface area (Å²) in [5.74, 6) is 28.6. The Bertz CT molecular complexity index is 7330. The molecule has 27 nitrogen and oxygen atoms in total. The van der Waals surface area contributed by atoms with Gasteiger partial charge in [0.2, 0.25) is 35.3 Å². The van der Waals surface area contributed by atoms with E-state index in [9.17, 15) is 24.0 Å². The number of benzene rings is 3. The lowest BCUT2D eigenvalue weighted by Gasteiger charge is -2.44. The monoisotopic (exact) mass is 2000 g/mol. The van der Waals surface area contributed by atoms with Crippen LogP contribution in [0, 0.1) is 99.1 Å². The van der Waals surface area contributed by atoms with Crippen LogP contribution in [0.3, 0.4) is 0 Å². The number of ether oxygens (including phenoxy) is 3. The van der Waals surface area contributed by atoms with E-state index in [0.717, 1.165) is 126 Å². The van der Waals surface area contributed by atoms with Crippen molar-refractivity contribution in [3.05, 3.63) is 252 Å². The zero-order chi connectivity index (χ0) is 104. The van der Waals surface area contributed by atoms with Crippen molar-refractivity contribution in [2.75, 3.05) is 56.6 Å². The maximum atomic E-state index is 13.7. The number of likely N-dealkylation sites (tertiary alicyclic amines) is 4. The fourth-order valence-electron chi connectivity index (χ4n) is 18.9. The smallest absolute Gasteiger partial charge is 0.236 e. The molecule has 1 aliphatic carbocycles. The van der Waals surface area contributed by atoms with Crippen molar-refractivity contribution in [1.29, 1.82) is 21.6 Å². The molecule has 3 aromatic carbocycles. The highest BCUT2D eigenvalue weighted by Crippen LogP contribution is 2.55. The second-order valence-electron chi connectivity index (χ2n) is 38.0. The molecule has 4 saturated heterocycles. The van der Waals surface area contributed by atoms with Crippen LogP contribution in [0.4, 0.5) is 0 Å². The molecule has 14 heterocycles. The first-order valence-electron chi connectivity index (χ1n) is 46.9. The van der Waals surface area contributed by atoms with Gasteiger partial charge in [0.05, 0.1) is 65.7 Å². The minimum atomic E-state index is -0.700. The molecular formula is C113H117N19O8S4. The maximum absolute atomic E-state index is 13.7. The number of thiophene rings is 2. The van der Waals surface area contributed by atoms with Crippen molar-refractivity contribution in [2.24, 2.45) is 28.5 Å². The van der Waals surface area contributed by atoms with Gasteiger partial charge < -0.3 is 39.5 Å². The zero-order valence-electron chi connectivity index (χ0n) is 84.5. The zero-order valence-corrected chi connectivity index (χ0v) is 87.8. The Balaban J connectivity index is 0.000000144. The van der Waals surface area contributed by atoms with Crippen LogP contribution in [0.1, 0.15) is 216 Å². The van der Waals surface area contributed by atoms with Crippen LogP contribution in [0.15, 0.2) is 187 Å². The molecule has 5 aliphatic heterocycles. The molecular weight excluding hydrogens is 1880 g/mol. The summed E-state index contributed by atoms with van der Waals surface area (Å²) in [5.41, 5.74) is 18.2. The minimum absolute atomic E-state index is 0.00980. The number of carbonyl (C=O) groups is 5. The molecule has 2 unspecified atom stereocenters. The number of thiazole rings is 2. The molecule has 144 heavy (non-hydrogen) atoms. The van der Waals surface area contributed by atoms with E-state index in [-0.39, 0.29) is 58.6 Å². The third-order valence-corrected chi connectivity index (χ3v) is 32.9. The average molecular weight is 2000 g/mol. The van der Waals surface area contributed by atoms with Gasteiger partial charge in [-0.15, -0.1) is 75.5 Å². The van der Waals surface area contributed by atoms with Gasteiger partial charge in [-0.25, -0.2) is 19.6 Å². The van der Waals surface area contributed by atoms with Crippen molar-refractivity contribution in [2.45, 2.75) is 173 Å². The van der Waals surface area contributed by atoms with Crippen molar-refractivity contribution < 1.29 is 38.2 Å². The van der Waals surface area contributed by atoms with E-state index >= 15 is 0 Å². The van der Waals surface area contributed by atoms with Crippen LogP contribution >= 0.6 is 45.3 Å². The maximum Gasteiger partial charge on any atom is 0.236 e. The van der Waals surface area contributed by atoms with Gasteiger partial charge in [0.15, 0.2) is 17.5 Å². The molecule has 5 fully saturated rings. The lowest BCUT2D eigenvalue weighted by Crippen LogP contribution is -2.54. The van der Waals surface area contributed by atoms with Crippen molar-refractivity contribution >= 4 is 104 Å². The van der Waals surface area contributed by atoms with Gasteiger partial charge in [-0.3, -0.25) is 70.4 Å². The first kappa shape index (κ1) is 105. The number of aliphatic imine (C=N–C) groups is 1. The van der Waals surface area contributed by atoms with Gasteiger partial charge in [0, 0.05) is 228 Å². The number of guanidine groups is 1. The number of hydrogen-bond donors (Lipinski definition) is 5. The number of methoxy groups -OCH3 is 3. The highest BCUT2D eigenvalue weighted by Gasteiger charge is 2.56. The predicted molar refractivity (Wildman–Crippen MR) is 571 cm³/mol. The van der Waals surface area contributed by atoms with Gasteiger partial charge in [0.1, 0.15) is 33.9 Å². The third kappa shape index (κ3) is 21.6. The first-order valence-corrected chi connectivity index (χ1v) is 50.3. The summed E-state index contributed by atoms with van der Waals surface area (Å²) in [4.78, 5) is 107. The van der Waals surface area contributed by atoms with Crippen molar-refractivity contribution in [1.82, 2.24) is 64.2 Å². The van der Waals surface area contributed by atoms with E-state index in [4.69, 9.17) is 58.0 Å². The van der Waals surface area contributed by atoms with Crippen LogP contribution < -0.4 is 19.9 Å². The number of hydrogen-bond acceptors (Lipinski definition) is 25. The summed E-state index contributed by atoms with van der Waals surface area (Å²) < 4.78 is 18.4. The Hall–Kier alpha value is -15.2. The number of likely N-dealkylation sites (N-methyl/N-ethyl adjacent to an activating group) is 2. The van der Waals surface area contributed by atoms with Gasteiger partial charge >= 0.3 is 0 Å². The lowest BCUT2D eigenvalue weighted by atomic mass is 9.67. The average Bonchev–Trinajstić information content (AvgIpc) is 1.59. The molecule has 0 spiro atoms. The first-order chi connectivity index (χ1) is 68.7. The van der Waals surface area contributed by atoms with E-state index in [1.54, 1.807) is 152 Å². The number of nitrogens with two attached hydrogens (primary N) is 1. The van der Waals surface area contributed by atoms with Crippen LogP contribution in [-0.2, 0) is 51.2 Å². The standard InChI is InChI=1S/C28H29N3O4S.C27H28N4OS.C21H23N5O.C20H21N3OS.C17H16N4OS/c1-7-8-17-9-19(15-30-14-17)20-12-23(36-16-20)28(2)13-24(29)31(3)27(32)25(28)18-10-21(33-4)26(35-6)22(11-18)34-5;1-6-7-18-12-21(15-29-14-18)22-16-30-26(33-22)27(4)13-23(28)31(5)25(32)24(27)20-10-8-19(9-11-20)17(2)3;1-4-6-14-7-5-8-17(11-14)26-13-16(12-23-26)21(2)18(15-9-10-15)19(27)25(3)20(22)24-21;1-5-6-14-7-15(11-22-10-14)16-8-17(25-12-16)20(3)9-18(21)23(4)19(24)13(20)2;1-4-11-5-12(9-19-8-11)13-10-20-16(23-13)17(2)6-14(18)21(3)15(22)7-17/h9-12,14-16,25,29H,13H2,1-6H3;8-12,14-17,24,28H,13H2,1-5H3;5,7-8,11-13,15,18H,9-10H2,1-3H3,(H2,22,24);7-8,10-13,21H,9H2,1-4H3;1,5,8-10,18H,6-7H2,2-3H3/t25?,28-;24?,27-;18-,21-;13-,20-;17-/m10100/s1. The Morgan fingerprint density at radius 2 is 0.944 bits per heavy atom. The summed E-state index contributed by atoms with van der Waals surface area (Å²) >= 11 is 6.32. The van der Waals surface area contributed by atoms with Crippen LogP contribution in [0.25, 0.3) is 48.8 Å². The largest absolute Gasteiger partial charge is 0.493 e. The molecule has 736 valence electrons. The van der Waals surface area contributed by atoms with Gasteiger partial charge in [-0.1, -0.05) is 108 Å². The fourth-order valence-corrected chi connectivity index (χ4v) is 23.3. The van der Waals surface area contributed by atoms with E-state index in [2.05, 4.69) is 158 Å². The quantitative estimate of drug-likeness (QED) is 0.0529. The number of aromatic nitrogens is 8. The molecule has 5 amide bonds. The molecule has 6 aliphatic rings. The molecule has 9 aromatic heterocycles. The van der Waals surface area contributed by atoms with Crippen molar-refractivity contribution in [3.8, 4) is 126 Å². The second-order valence-corrected chi connectivity index (χ2v) is 41.9. The SMILES string of the molecule is C#Cc1cncc(-c2cnc([C@@]3(C)CC(=N)N(C)C(=O)C3)s2)c1.CC#Cc1cccc(-n2cc([C@@]3(C)N=C(N)N(C)C(=O)[C@H]3C3CC3)cn2)c1.CC#Cc1cncc(-c2cnc([C@@]3(C)CC(=N)N(C)C(=O)C3c3ccc(C(C)C)cc3)s2)c1.CC#Cc1cncc(-c2csc([C@@]3(C)CC(=N)N(C)C(=O)C3c3cc(OC)c(OC)c(OC)c3)c2)c1.CC#Cc1cncc(-c2csc([C@@]3(C)CC(=N)N(C)C(=O)[C@@H]3C)c2)c1. The number of amides is 5. The fraction of sp³-hybridized carbons (Fsp3) is 0.336. The van der Waals surface area contributed by atoms with E-state index in [0.29, 0.717) is 78.7 Å². The Morgan fingerprint density at radius 1 is 0.479 bits per heavy atom. The third-order valence-electron chi connectivity index (χ3n) is 27.8. The summed E-state index contributed by atoms with van der Waals surface area (Å²) in [6.45, 7) is 23.7. The summed E-state index contributed by atoms with van der Waals surface area (Å²) in [5, 5.41) is 43.6. The molecule has 1 saturated carbocycles. The predicted octanol–water partition coefficient (Wildman–Crippen LogP) is 19.5. The van der Waals surface area contributed by atoms with Gasteiger partial charge in [-0.05, 0) is 165 Å². The molecule has 6 N–H and O–H groups in total. The molecule has 0 radical (unpaired) electrons. The number of nitrogens with one attached hydrogen (secondary N) is 4. The van der Waals surface area contributed by atoms with E-state index in [1.807, 2.05) is 133 Å². The number of amidine groups is 4. The minimum Gasteiger partial charge on any atom is -0.493 e. The van der Waals surface area contributed by atoms with Gasteiger partial charge in [-0.2, -0.15) is 5.10 Å².